The molecule has 0 spiro atoms. The SMILES string of the molecule is CCC1CCCCN1C(=O)COC(=O)c1ccc2c(c1)C(=O)N(Cc1ccco1)C2=O. The Morgan fingerprint density at radius 1 is 1.13 bits per heavy atom. The molecule has 2 aromatic rings. The number of fused-ring (bicyclic) bond motifs is 1. The fourth-order valence-electron chi connectivity index (χ4n) is 4.17. The summed E-state index contributed by atoms with van der Waals surface area (Å²) in [5.74, 6) is -1.37. The fourth-order valence-corrected chi connectivity index (χ4v) is 4.17. The first-order chi connectivity index (χ1) is 15.0. The number of piperidine rings is 1. The quantitative estimate of drug-likeness (QED) is 0.522. The van der Waals surface area contributed by atoms with E-state index >= 15 is 0 Å². The molecule has 162 valence electrons. The zero-order chi connectivity index (χ0) is 22.0. The van der Waals surface area contributed by atoms with Crippen LogP contribution in [0.4, 0.5) is 0 Å². The second kappa shape index (κ2) is 8.75. The summed E-state index contributed by atoms with van der Waals surface area (Å²) < 4.78 is 10.4. The number of rotatable bonds is 6. The molecule has 31 heavy (non-hydrogen) atoms. The molecule has 1 saturated heterocycles. The van der Waals surface area contributed by atoms with Crippen molar-refractivity contribution < 1.29 is 28.3 Å². The molecule has 0 radical (unpaired) electrons. The number of carbonyl (C=O) groups is 4. The highest BCUT2D eigenvalue weighted by molar-refractivity contribution is 6.21. The number of likely N-dealkylation sites (tertiary alicyclic amines) is 1. The fraction of sp³-hybridized carbons (Fsp3) is 0.391. The summed E-state index contributed by atoms with van der Waals surface area (Å²) >= 11 is 0. The number of ether oxygens (including phenoxy) is 1. The van der Waals surface area contributed by atoms with Crippen molar-refractivity contribution in [2.75, 3.05) is 13.2 Å². The number of hydrogen-bond acceptors (Lipinski definition) is 6. The van der Waals surface area contributed by atoms with Crippen LogP contribution in [0.1, 0.15) is 69.4 Å². The largest absolute Gasteiger partial charge is 0.467 e. The average molecular weight is 424 g/mol. The van der Waals surface area contributed by atoms with Crippen molar-refractivity contribution in [2.45, 2.75) is 45.2 Å². The summed E-state index contributed by atoms with van der Waals surface area (Å²) in [6.07, 6.45) is 5.35. The van der Waals surface area contributed by atoms with E-state index in [1.807, 2.05) is 6.92 Å². The van der Waals surface area contributed by atoms with Gasteiger partial charge >= 0.3 is 5.97 Å². The molecule has 3 amide bonds. The second-order valence-corrected chi connectivity index (χ2v) is 7.76. The third kappa shape index (κ3) is 4.10. The van der Waals surface area contributed by atoms with Crippen molar-refractivity contribution in [1.29, 1.82) is 0 Å². The van der Waals surface area contributed by atoms with E-state index in [9.17, 15) is 19.2 Å². The minimum absolute atomic E-state index is 0.0159. The van der Waals surface area contributed by atoms with Gasteiger partial charge in [0.1, 0.15) is 5.76 Å². The Morgan fingerprint density at radius 2 is 1.94 bits per heavy atom. The standard InChI is InChI=1S/C23H24N2O6/c1-2-16-6-3-4-10-24(16)20(26)14-31-23(29)15-8-9-18-19(12-15)22(28)25(21(18)27)13-17-7-5-11-30-17/h5,7-9,11-12,16H,2-4,6,10,13-14H2,1H3. The molecular weight excluding hydrogens is 400 g/mol. The normalized spacial score (nSPS) is 18.3. The predicted octanol–water partition coefficient (Wildman–Crippen LogP) is 3.02. The first kappa shape index (κ1) is 20.8. The highest BCUT2D eigenvalue weighted by Gasteiger charge is 2.36. The van der Waals surface area contributed by atoms with E-state index in [1.165, 1.54) is 24.5 Å². The molecule has 1 aromatic heterocycles. The average Bonchev–Trinajstić information content (AvgIpc) is 3.40. The number of hydrogen-bond donors (Lipinski definition) is 0. The number of furan rings is 1. The van der Waals surface area contributed by atoms with Crippen molar-refractivity contribution in [3.8, 4) is 0 Å². The maximum Gasteiger partial charge on any atom is 0.338 e. The first-order valence-corrected chi connectivity index (χ1v) is 10.5. The van der Waals surface area contributed by atoms with Gasteiger partial charge in [0.15, 0.2) is 6.61 Å². The Morgan fingerprint density at radius 3 is 2.68 bits per heavy atom. The van der Waals surface area contributed by atoms with Gasteiger partial charge in [-0.2, -0.15) is 0 Å². The van der Waals surface area contributed by atoms with Gasteiger partial charge in [-0.3, -0.25) is 19.3 Å². The molecular formula is C23H24N2O6. The lowest BCUT2D eigenvalue weighted by atomic mass is 10.00. The zero-order valence-electron chi connectivity index (χ0n) is 17.3. The van der Waals surface area contributed by atoms with Crippen molar-refractivity contribution in [1.82, 2.24) is 9.80 Å². The number of nitrogens with zero attached hydrogens (tertiary/aromatic N) is 2. The lowest BCUT2D eigenvalue weighted by molar-refractivity contribution is -0.138. The Bertz CT molecular complexity index is 1010. The van der Waals surface area contributed by atoms with Crippen LogP contribution in [0.2, 0.25) is 0 Å². The number of amides is 3. The molecule has 8 nitrogen and oxygen atoms in total. The molecule has 0 saturated carbocycles. The van der Waals surface area contributed by atoms with Crippen LogP contribution >= 0.6 is 0 Å². The Hall–Kier alpha value is -3.42. The van der Waals surface area contributed by atoms with E-state index in [0.717, 1.165) is 30.6 Å². The minimum Gasteiger partial charge on any atom is -0.467 e. The lowest BCUT2D eigenvalue weighted by Crippen LogP contribution is -2.45. The van der Waals surface area contributed by atoms with Crippen molar-refractivity contribution in [3.05, 3.63) is 59.0 Å². The number of imide groups is 1. The van der Waals surface area contributed by atoms with Crippen LogP contribution in [0.3, 0.4) is 0 Å². The van der Waals surface area contributed by atoms with Gasteiger partial charge in [0, 0.05) is 12.6 Å². The monoisotopic (exact) mass is 424 g/mol. The molecule has 0 N–H and O–H groups in total. The highest BCUT2D eigenvalue weighted by Crippen LogP contribution is 2.26. The molecule has 0 bridgehead atoms. The van der Waals surface area contributed by atoms with Gasteiger partial charge in [0.2, 0.25) is 0 Å². The summed E-state index contributed by atoms with van der Waals surface area (Å²) in [6.45, 7) is 2.39. The Labute approximate surface area is 179 Å². The number of benzene rings is 1. The van der Waals surface area contributed by atoms with Crippen LogP contribution < -0.4 is 0 Å². The molecule has 1 unspecified atom stereocenters. The molecule has 1 atom stereocenters. The number of carbonyl (C=O) groups excluding carboxylic acids is 4. The van der Waals surface area contributed by atoms with E-state index in [-0.39, 0.29) is 41.8 Å². The van der Waals surface area contributed by atoms with Gasteiger partial charge in [0.05, 0.1) is 29.5 Å². The van der Waals surface area contributed by atoms with E-state index in [2.05, 4.69) is 0 Å². The maximum atomic E-state index is 12.7. The molecule has 1 aromatic carbocycles. The number of esters is 1. The van der Waals surface area contributed by atoms with Crippen LogP contribution in [-0.2, 0) is 16.1 Å². The summed E-state index contributed by atoms with van der Waals surface area (Å²) in [4.78, 5) is 53.1. The zero-order valence-corrected chi connectivity index (χ0v) is 17.3. The van der Waals surface area contributed by atoms with Gasteiger partial charge in [-0.25, -0.2) is 4.79 Å². The maximum absolute atomic E-state index is 12.7. The Kier molecular flexibility index (Phi) is 5.88. The highest BCUT2D eigenvalue weighted by atomic mass is 16.5. The van der Waals surface area contributed by atoms with Crippen LogP contribution in [0.25, 0.3) is 0 Å². The van der Waals surface area contributed by atoms with Crippen molar-refractivity contribution in [2.24, 2.45) is 0 Å². The van der Waals surface area contributed by atoms with E-state index in [0.29, 0.717) is 12.3 Å². The summed E-state index contributed by atoms with van der Waals surface area (Å²) in [5, 5.41) is 0. The van der Waals surface area contributed by atoms with Crippen LogP contribution in [0, 0.1) is 0 Å². The lowest BCUT2D eigenvalue weighted by Gasteiger charge is -2.35. The summed E-state index contributed by atoms with van der Waals surface area (Å²) in [7, 11) is 0. The second-order valence-electron chi connectivity index (χ2n) is 7.76. The van der Waals surface area contributed by atoms with Gasteiger partial charge in [-0.05, 0) is 56.0 Å². The van der Waals surface area contributed by atoms with Crippen LogP contribution in [-0.4, -0.2) is 52.7 Å². The predicted molar refractivity (Wildman–Crippen MR) is 109 cm³/mol. The molecule has 3 heterocycles. The van der Waals surface area contributed by atoms with Crippen molar-refractivity contribution >= 4 is 23.7 Å². The van der Waals surface area contributed by atoms with Gasteiger partial charge in [0.25, 0.3) is 17.7 Å². The molecule has 0 aliphatic carbocycles. The summed E-state index contributed by atoms with van der Waals surface area (Å²) in [6, 6.07) is 7.75. The molecule has 8 heteroatoms. The van der Waals surface area contributed by atoms with Crippen LogP contribution in [0.5, 0.6) is 0 Å². The smallest absolute Gasteiger partial charge is 0.338 e. The third-order valence-corrected chi connectivity index (χ3v) is 5.85. The van der Waals surface area contributed by atoms with Gasteiger partial charge in [-0.1, -0.05) is 6.92 Å². The minimum atomic E-state index is -0.703. The van der Waals surface area contributed by atoms with Gasteiger partial charge in [-0.15, -0.1) is 0 Å². The first-order valence-electron chi connectivity index (χ1n) is 10.5. The molecule has 2 aliphatic heterocycles. The van der Waals surface area contributed by atoms with E-state index in [1.54, 1.807) is 17.0 Å². The van der Waals surface area contributed by atoms with Crippen LogP contribution in [0.15, 0.2) is 41.0 Å². The summed E-state index contributed by atoms with van der Waals surface area (Å²) in [5.41, 5.74) is 0.487. The Balaban J connectivity index is 1.42. The molecule has 1 fully saturated rings. The topological polar surface area (TPSA) is 97.1 Å². The van der Waals surface area contributed by atoms with Crippen molar-refractivity contribution in [3.63, 3.8) is 0 Å². The third-order valence-electron chi connectivity index (χ3n) is 5.85. The van der Waals surface area contributed by atoms with Gasteiger partial charge < -0.3 is 14.1 Å². The molecule has 2 aliphatic rings. The van der Waals surface area contributed by atoms with E-state index < -0.39 is 17.8 Å². The van der Waals surface area contributed by atoms with E-state index in [4.69, 9.17) is 9.15 Å². The molecule has 4 rings (SSSR count).